The lowest BCUT2D eigenvalue weighted by atomic mass is 10.3. The van der Waals surface area contributed by atoms with Crippen LogP contribution in [-0.4, -0.2) is 49.3 Å². The predicted octanol–water partition coefficient (Wildman–Crippen LogP) is 0.929. The first kappa shape index (κ1) is 16.1. The monoisotopic (exact) mass is 343 g/mol. The fourth-order valence-corrected chi connectivity index (χ4v) is 2.77. The average Bonchev–Trinajstić information content (AvgIpc) is 3.03. The van der Waals surface area contributed by atoms with Gasteiger partial charge in [0, 0.05) is 14.1 Å². The molecular formula is C14H17N9S. The number of rotatable bonds is 6. The molecule has 124 valence electrons. The first-order valence-corrected chi connectivity index (χ1v) is 8.37. The van der Waals surface area contributed by atoms with Crippen molar-refractivity contribution >= 4 is 23.7 Å². The molecule has 0 radical (unpaired) electrons. The van der Waals surface area contributed by atoms with Gasteiger partial charge in [0.15, 0.2) is 5.82 Å². The molecule has 24 heavy (non-hydrogen) atoms. The van der Waals surface area contributed by atoms with Crippen LogP contribution in [0.4, 0.5) is 11.9 Å². The second kappa shape index (κ2) is 7.21. The first-order valence-electron chi connectivity index (χ1n) is 7.21. The number of nitrogen functional groups attached to an aromatic ring is 1. The van der Waals surface area contributed by atoms with Crippen molar-refractivity contribution in [3.8, 4) is 5.69 Å². The Morgan fingerprint density at radius 1 is 1.08 bits per heavy atom. The lowest BCUT2D eigenvalue weighted by Crippen LogP contribution is -2.16. The zero-order valence-electron chi connectivity index (χ0n) is 13.4. The Labute approximate surface area is 143 Å². The highest BCUT2D eigenvalue weighted by molar-refractivity contribution is 7.97. The Morgan fingerprint density at radius 2 is 1.88 bits per heavy atom. The zero-order valence-corrected chi connectivity index (χ0v) is 14.2. The van der Waals surface area contributed by atoms with Gasteiger partial charge in [-0.2, -0.15) is 19.6 Å². The Balaban J connectivity index is 1.67. The number of aromatic nitrogens is 7. The minimum atomic E-state index is 0.221. The molecule has 0 saturated carbocycles. The van der Waals surface area contributed by atoms with E-state index in [1.54, 1.807) is 21.3 Å². The fourth-order valence-electron chi connectivity index (χ4n) is 1.99. The van der Waals surface area contributed by atoms with Crippen LogP contribution in [0.15, 0.2) is 30.3 Å². The molecule has 0 spiro atoms. The lowest BCUT2D eigenvalue weighted by Gasteiger charge is -2.11. The molecule has 0 atom stereocenters. The van der Waals surface area contributed by atoms with E-state index in [2.05, 4.69) is 30.5 Å². The molecule has 1 aromatic carbocycles. The van der Waals surface area contributed by atoms with Crippen LogP contribution < -0.4 is 10.6 Å². The van der Waals surface area contributed by atoms with Crippen LogP contribution in [0.5, 0.6) is 0 Å². The number of benzene rings is 1. The van der Waals surface area contributed by atoms with Gasteiger partial charge in [-0.1, -0.05) is 18.2 Å². The maximum atomic E-state index is 5.73. The lowest BCUT2D eigenvalue weighted by molar-refractivity contribution is 0.777. The van der Waals surface area contributed by atoms with E-state index in [1.807, 2.05) is 44.4 Å². The van der Waals surface area contributed by atoms with Gasteiger partial charge in [-0.3, -0.25) is 0 Å². The van der Waals surface area contributed by atoms with Gasteiger partial charge in [0.05, 0.1) is 17.2 Å². The summed E-state index contributed by atoms with van der Waals surface area (Å²) in [5, 5.41) is 11.9. The van der Waals surface area contributed by atoms with Crippen molar-refractivity contribution in [3.63, 3.8) is 0 Å². The number of tetrazole rings is 1. The van der Waals surface area contributed by atoms with Crippen LogP contribution in [0, 0.1) is 0 Å². The van der Waals surface area contributed by atoms with Crippen LogP contribution in [0.1, 0.15) is 11.6 Å². The van der Waals surface area contributed by atoms with Gasteiger partial charge in [-0.25, -0.2) is 0 Å². The minimum Gasteiger partial charge on any atom is -0.368 e. The van der Waals surface area contributed by atoms with Crippen molar-refractivity contribution in [3.05, 3.63) is 42.0 Å². The molecule has 0 saturated heterocycles. The zero-order chi connectivity index (χ0) is 16.9. The van der Waals surface area contributed by atoms with Gasteiger partial charge in [0.2, 0.25) is 11.9 Å². The van der Waals surface area contributed by atoms with Gasteiger partial charge >= 0.3 is 0 Å². The summed E-state index contributed by atoms with van der Waals surface area (Å²) in [6.07, 6.45) is 0. The Bertz CT molecular complexity index is 803. The number of hydrogen-bond acceptors (Lipinski definition) is 9. The Morgan fingerprint density at radius 3 is 2.62 bits per heavy atom. The predicted molar refractivity (Wildman–Crippen MR) is 92.7 cm³/mol. The third-order valence-corrected chi connectivity index (χ3v) is 4.01. The minimum absolute atomic E-state index is 0.221. The molecule has 0 aliphatic heterocycles. The van der Waals surface area contributed by atoms with Crippen molar-refractivity contribution in [1.82, 2.24) is 35.2 Å². The maximum absolute atomic E-state index is 5.73. The van der Waals surface area contributed by atoms with E-state index in [4.69, 9.17) is 5.73 Å². The van der Waals surface area contributed by atoms with E-state index in [1.165, 1.54) is 0 Å². The van der Waals surface area contributed by atoms with Gasteiger partial charge in [-0.05, 0) is 22.6 Å². The summed E-state index contributed by atoms with van der Waals surface area (Å²) in [5.74, 6) is 3.39. The van der Waals surface area contributed by atoms with E-state index < -0.39 is 0 Å². The number of nitrogens with two attached hydrogens (primary N) is 1. The van der Waals surface area contributed by atoms with Crippen LogP contribution in [0.25, 0.3) is 5.69 Å². The van der Waals surface area contributed by atoms with E-state index in [-0.39, 0.29) is 5.95 Å². The van der Waals surface area contributed by atoms with Crippen LogP contribution in [0.3, 0.4) is 0 Å². The second-order valence-electron chi connectivity index (χ2n) is 5.14. The van der Waals surface area contributed by atoms with Crippen LogP contribution in [0.2, 0.25) is 0 Å². The van der Waals surface area contributed by atoms with Crippen LogP contribution in [-0.2, 0) is 11.5 Å². The molecule has 0 unspecified atom stereocenters. The smallest absolute Gasteiger partial charge is 0.229 e. The number of thioether (sulfide) groups is 1. The van der Waals surface area contributed by atoms with E-state index in [0.717, 1.165) is 11.5 Å². The second-order valence-corrected chi connectivity index (χ2v) is 6.13. The molecule has 2 aromatic heterocycles. The molecule has 2 N–H and O–H groups in total. The molecule has 3 aromatic rings. The standard InChI is InChI=1S/C14H17N9S/c1-22(2)14-17-11(16-13(15)18-14)8-24-9-12-19-20-21-23(12)10-6-4-3-5-7-10/h3-7H,8-9H2,1-2H3,(H2,15,16,17,18). The summed E-state index contributed by atoms with van der Waals surface area (Å²) in [7, 11) is 3.72. The highest BCUT2D eigenvalue weighted by Crippen LogP contribution is 2.17. The first-order chi connectivity index (χ1) is 11.6. The van der Waals surface area contributed by atoms with Crippen molar-refractivity contribution in [2.45, 2.75) is 11.5 Å². The van der Waals surface area contributed by atoms with Gasteiger partial charge in [0.1, 0.15) is 5.82 Å². The van der Waals surface area contributed by atoms with E-state index in [0.29, 0.717) is 23.3 Å². The number of anilines is 2. The molecular weight excluding hydrogens is 326 g/mol. The fraction of sp³-hybridized carbons (Fsp3) is 0.286. The number of nitrogens with zero attached hydrogens (tertiary/aromatic N) is 8. The van der Waals surface area contributed by atoms with Crippen molar-refractivity contribution in [1.29, 1.82) is 0 Å². The third-order valence-electron chi connectivity index (χ3n) is 3.08. The van der Waals surface area contributed by atoms with Crippen molar-refractivity contribution < 1.29 is 0 Å². The number of para-hydroxylation sites is 1. The summed E-state index contributed by atoms with van der Waals surface area (Å²) in [5.41, 5.74) is 6.66. The largest absolute Gasteiger partial charge is 0.368 e. The van der Waals surface area contributed by atoms with Crippen molar-refractivity contribution in [2.75, 3.05) is 24.7 Å². The quantitative estimate of drug-likeness (QED) is 0.698. The number of hydrogen-bond donors (Lipinski definition) is 1. The topological polar surface area (TPSA) is 112 Å². The van der Waals surface area contributed by atoms with Crippen LogP contribution >= 0.6 is 11.8 Å². The molecule has 0 amide bonds. The Kier molecular flexibility index (Phi) is 4.85. The van der Waals surface area contributed by atoms with Gasteiger partial charge in [-0.15, -0.1) is 16.9 Å². The normalized spacial score (nSPS) is 10.8. The highest BCUT2D eigenvalue weighted by atomic mass is 32.2. The average molecular weight is 343 g/mol. The molecule has 0 fully saturated rings. The van der Waals surface area contributed by atoms with E-state index in [9.17, 15) is 0 Å². The third kappa shape index (κ3) is 3.77. The summed E-state index contributed by atoms with van der Waals surface area (Å²) in [6, 6.07) is 9.77. The molecule has 3 rings (SSSR count). The molecule has 9 nitrogen and oxygen atoms in total. The Hall–Kier alpha value is -2.75. The molecule has 0 aliphatic rings. The molecule has 10 heteroatoms. The summed E-state index contributed by atoms with van der Waals surface area (Å²) < 4.78 is 1.72. The van der Waals surface area contributed by atoms with Gasteiger partial charge in [0.25, 0.3) is 0 Å². The molecule has 0 bridgehead atoms. The highest BCUT2D eigenvalue weighted by Gasteiger charge is 2.10. The summed E-state index contributed by atoms with van der Waals surface area (Å²) in [4.78, 5) is 14.4. The summed E-state index contributed by atoms with van der Waals surface area (Å²) >= 11 is 1.61. The molecule has 0 aliphatic carbocycles. The maximum Gasteiger partial charge on any atom is 0.229 e. The van der Waals surface area contributed by atoms with Gasteiger partial charge < -0.3 is 10.6 Å². The summed E-state index contributed by atoms with van der Waals surface area (Å²) in [6.45, 7) is 0. The molecule has 2 heterocycles. The van der Waals surface area contributed by atoms with Crippen molar-refractivity contribution in [2.24, 2.45) is 0 Å². The van der Waals surface area contributed by atoms with E-state index >= 15 is 0 Å². The SMILES string of the molecule is CN(C)c1nc(N)nc(CSCc2nnnn2-c2ccccc2)n1.